The van der Waals surface area contributed by atoms with Gasteiger partial charge in [-0.15, -0.1) is 0 Å². The molecule has 0 saturated heterocycles. The lowest BCUT2D eigenvalue weighted by Crippen LogP contribution is -2.40. The Morgan fingerprint density at radius 2 is 2.21 bits per heavy atom. The molecule has 1 atom stereocenters. The summed E-state index contributed by atoms with van der Waals surface area (Å²) in [5.41, 5.74) is 0. The first-order valence-electron chi connectivity index (χ1n) is 5.63. The van der Waals surface area contributed by atoms with Crippen LogP contribution in [0.3, 0.4) is 0 Å². The fourth-order valence-corrected chi connectivity index (χ4v) is 4.12. The smallest absolute Gasteiger partial charge is 0.304 e. The zero-order valence-electron chi connectivity index (χ0n) is 10.9. The van der Waals surface area contributed by atoms with Gasteiger partial charge in [0.05, 0.1) is 17.6 Å². The second-order valence-electron chi connectivity index (χ2n) is 4.08. The summed E-state index contributed by atoms with van der Waals surface area (Å²) in [7, 11) is -2.41. The van der Waals surface area contributed by atoms with Crippen LogP contribution in [-0.2, 0) is 21.9 Å². The van der Waals surface area contributed by atoms with E-state index in [1.807, 2.05) is 0 Å². The first kappa shape index (κ1) is 15.9. The number of carboxylic acids is 1. The summed E-state index contributed by atoms with van der Waals surface area (Å²) in [6.07, 6.45) is 0.965. The van der Waals surface area contributed by atoms with Crippen molar-refractivity contribution in [1.82, 2.24) is 14.1 Å². The summed E-state index contributed by atoms with van der Waals surface area (Å²) in [5.74, 6) is -1.06. The van der Waals surface area contributed by atoms with E-state index in [1.54, 1.807) is 13.8 Å². The maximum Gasteiger partial charge on any atom is 0.304 e. The summed E-state index contributed by atoms with van der Waals surface area (Å²) in [4.78, 5) is 10.7. The van der Waals surface area contributed by atoms with Crippen molar-refractivity contribution in [3.05, 3.63) is 11.2 Å². The molecule has 0 amide bonds. The van der Waals surface area contributed by atoms with E-state index in [4.69, 9.17) is 16.7 Å². The first-order valence-corrected chi connectivity index (χ1v) is 7.44. The lowest BCUT2D eigenvalue weighted by atomic mass is 10.2. The number of aryl methyl sites for hydroxylation is 1. The molecular weight excluding hydrogens is 294 g/mol. The van der Waals surface area contributed by atoms with Crippen LogP contribution in [-0.4, -0.2) is 46.2 Å². The lowest BCUT2D eigenvalue weighted by Gasteiger charge is -2.26. The van der Waals surface area contributed by atoms with E-state index < -0.39 is 22.0 Å². The van der Waals surface area contributed by atoms with Crippen molar-refractivity contribution in [2.24, 2.45) is 7.05 Å². The zero-order chi connectivity index (χ0) is 14.8. The number of carbonyl (C=O) groups is 1. The Kier molecular flexibility index (Phi) is 4.94. The molecule has 7 nitrogen and oxygen atoms in total. The molecule has 108 valence electrons. The summed E-state index contributed by atoms with van der Waals surface area (Å²) in [6, 6.07) is -0.668. The first-order chi connectivity index (χ1) is 8.71. The molecule has 19 heavy (non-hydrogen) atoms. The third-order valence-electron chi connectivity index (χ3n) is 2.67. The van der Waals surface area contributed by atoms with Crippen LogP contribution in [0, 0.1) is 0 Å². The molecule has 1 unspecified atom stereocenters. The van der Waals surface area contributed by atoms with Gasteiger partial charge in [-0.1, -0.05) is 18.5 Å². The van der Waals surface area contributed by atoms with Gasteiger partial charge in [0.25, 0.3) is 10.0 Å². The number of sulfonamides is 1. The topological polar surface area (TPSA) is 92.5 Å². The molecule has 0 radical (unpaired) electrons. The third-order valence-corrected chi connectivity index (χ3v) is 5.27. The van der Waals surface area contributed by atoms with E-state index in [1.165, 1.54) is 13.2 Å². The van der Waals surface area contributed by atoms with Crippen molar-refractivity contribution in [3.63, 3.8) is 0 Å². The van der Waals surface area contributed by atoms with Crippen LogP contribution in [0.25, 0.3) is 0 Å². The second-order valence-corrected chi connectivity index (χ2v) is 6.29. The van der Waals surface area contributed by atoms with Gasteiger partial charge in [0, 0.05) is 19.6 Å². The van der Waals surface area contributed by atoms with Gasteiger partial charge in [0.15, 0.2) is 5.03 Å². The van der Waals surface area contributed by atoms with Crippen molar-refractivity contribution in [2.75, 3.05) is 6.54 Å². The summed E-state index contributed by atoms with van der Waals surface area (Å²) in [5, 5.41) is 12.4. The van der Waals surface area contributed by atoms with E-state index >= 15 is 0 Å². The average molecular weight is 310 g/mol. The van der Waals surface area contributed by atoms with Gasteiger partial charge in [0.2, 0.25) is 0 Å². The SMILES string of the molecule is CCN(C(C)CC(=O)O)S(=O)(=O)c1c(Cl)cnn1C. The Morgan fingerprint density at radius 3 is 2.58 bits per heavy atom. The van der Waals surface area contributed by atoms with Gasteiger partial charge >= 0.3 is 5.97 Å². The molecule has 1 heterocycles. The maximum absolute atomic E-state index is 12.5. The highest BCUT2D eigenvalue weighted by Crippen LogP contribution is 2.25. The van der Waals surface area contributed by atoms with E-state index in [9.17, 15) is 13.2 Å². The molecular formula is C10H16ClN3O4S. The van der Waals surface area contributed by atoms with Crippen molar-refractivity contribution in [3.8, 4) is 0 Å². The van der Waals surface area contributed by atoms with Crippen LogP contribution >= 0.6 is 11.6 Å². The molecule has 1 rings (SSSR count). The van der Waals surface area contributed by atoms with Crippen LogP contribution < -0.4 is 0 Å². The molecule has 9 heteroatoms. The van der Waals surface area contributed by atoms with Crippen LogP contribution in [0.15, 0.2) is 11.2 Å². The predicted molar refractivity (Wildman–Crippen MR) is 69.5 cm³/mol. The number of rotatable bonds is 6. The Labute approximate surface area is 116 Å². The molecule has 1 aromatic heterocycles. The molecule has 0 aliphatic heterocycles. The molecule has 0 aromatic carbocycles. The predicted octanol–water partition coefficient (Wildman–Crippen LogP) is 0.947. The Bertz CT molecular complexity index is 550. The van der Waals surface area contributed by atoms with Gasteiger partial charge in [-0.25, -0.2) is 8.42 Å². The molecule has 0 fully saturated rings. The second kappa shape index (κ2) is 5.89. The minimum Gasteiger partial charge on any atom is -0.481 e. The molecule has 0 bridgehead atoms. The number of hydrogen-bond donors (Lipinski definition) is 1. The number of hydrogen-bond acceptors (Lipinski definition) is 4. The van der Waals surface area contributed by atoms with Crippen LogP contribution in [0.2, 0.25) is 5.02 Å². The Hall–Kier alpha value is -1.12. The quantitative estimate of drug-likeness (QED) is 0.844. The van der Waals surface area contributed by atoms with Gasteiger partial charge in [0.1, 0.15) is 0 Å². The number of aromatic nitrogens is 2. The average Bonchev–Trinajstić information content (AvgIpc) is 2.58. The third kappa shape index (κ3) is 3.26. The van der Waals surface area contributed by atoms with E-state index in [-0.39, 0.29) is 23.0 Å². The van der Waals surface area contributed by atoms with E-state index in [0.717, 1.165) is 8.99 Å². The Balaban J connectivity index is 3.20. The van der Waals surface area contributed by atoms with Crippen molar-refractivity contribution in [1.29, 1.82) is 0 Å². The zero-order valence-corrected chi connectivity index (χ0v) is 12.4. The largest absolute Gasteiger partial charge is 0.481 e. The number of carboxylic acid groups (broad SMARTS) is 1. The fourth-order valence-electron chi connectivity index (χ4n) is 1.87. The monoisotopic (exact) mass is 309 g/mol. The summed E-state index contributed by atoms with van der Waals surface area (Å²) >= 11 is 5.84. The number of aliphatic carboxylic acids is 1. The summed E-state index contributed by atoms with van der Waals surface area (Å²) < 4.78 is 27.2. The normalized spacial score (nSPS) is 13.7. The highest BCUT2D eigenvalue weighted by atomic mass is 35.5. The minimum atomic E-state index is -3.88. The molecule has 0 spiro atoms. The van der Waals surface area contributed by atoms with Crippen LogP contribution in [0.1, 0.15) is 20.3 Å². The Morgan fingerprint density at radius 1 is 1.63 bits per heavy atom. The number of nitrogens with zero attached hydrogens (tertiary/aromatic N) is 3. The van der Waals surface area contributed by atoms with Crippen molar-refractivity contribution < 1.29 is 18.3 Å². The van der Waals surface area contributed by atoms with Crippen LogP contribution in [0.4, 0.5) is 0 Å². The van der Waals surface area contributed by atoms with Crippen molar-refractivity contribution >= 4 is 27.6 Å². The van der Waals surface area contributed by atoms with E-state index in [0.29, 0.717) is 0 Å². The minimum absolute atomic E-state index is 0.0171. The highest BCUT2D eigenvalue weighted by molar-refractivity contribution is 7.89. The molecule has 0 aliphatic carbocycles. The van der Waals surface area contributed by atoms with Gasteiger partial charge in [-0.2, -0.15) is 9.40 Å². The summed E-state index contributed by atoms with van der Waals surface area (Å²) in [6.45, 7) is 3.33. The number of halogens is 1. The van der Waals surface area contributed by atoms with Crippen LogP contribution in [0.5, 0.6) is 0 Å². The fraction of sp³-hybridized carbons (Fsp3) is 0.600. The standard InChI is InChI=1S/C10H16ClN3O4S/c1-4-14(7(2)5-9(15)16)19(17,18)10-8(11)6-12-13(10)3/h6-7H,4-5H2,1-3H3,(H,15,16). The molecule has 1 N–H and O–H groups in total. The van der Waals surface area contributed by atoms with Gasteiger partial charge in [-0.3, -0.25) is 9.48 Å². The lowest BCUT2D eigenvalue weighted by molar-refractivity contribution is -0.137. The van der Waals surface area contributed by atoms with Crippen molar-refractivity contribution in [2.45, 2.75) is 31.3 Å². The molecule has 1 aromatic rings. The van der Waals surface area contributed by atoms with Gasteiger partial charge in [-0.05, 0) is 6.92 Å². The van der Waals surface area contributed by atoms with Gasteiger partial charge < -0.3 is 5.11 Å². The maximum atomic E-state index is 12.5. The van der Waals surface area contributed by atoms with E-state index in [2.05, 4.69) is 5.10 Å². The molecule has 0 saturated carbocycles. The molecule has 0 aliphatic rings. The highest BCUT2D eigenvalue weighted by Gasteiger charge is 2.33.